The average Bonchev–Trinajstić information content (AvgIpc) is 2.78. The largest absolute Gasteiger partial charge is 0.392 e. The van der Waals surface area contributed by atoms with Gasteiger partial charge in [-0.05, 0) is 26.0 Å². The molecule has 106 valence electrons. The number of para-hydroxylation sites is 1. The number of carbonyl (C=O) groups excluding carboxylic acids is 1. The van der Waals surface area contributed by atoms with Crippen molar-refractivity contribution in [3.63, 3.8) is 0 Å². The van der Waals surface area contributed by atoms with Crippen molar-refractivity contribution < 1.29 is 9.90 Å². The molecule has 1 aromatic heterocycles. The minimum absolute atomic E-state index is 0.0445. The lowest BCUT2D eigenvalue weighted by atomic mass is 10.3. The topological polar surface area (TPSA) is 80.0 Å². The normalized spacial score (nSPS) is 12.2. The molecule has 0 aliphatic carbocycles. The number of halogens is 1. The molecule has 0 spiro atoms. The van der Waals surface area contributed by atoms with E-state index in [1.54, 1.807) is 26.0 Å². The fraction of sp³-hybridized carbons (Fsp3) is 0.308. The summed E-state index contributed by atoms with van der Waals surface area (Å²) in [5, 5.41) is 16.4. The number of aliphatic hydroxyl groups is 1. The zero-order valence-corrected chi connectivity index (χ0v) is 11.9. The summed E-state index contributed by atoms with van der Waals surface area (Å²) in [6, 6.07) is 7.18. The second-order valence-corrected chi connectivity index (χ2v) is 4.81. The lowest BCUT2D eigenvalue weighted by Crippen LogP contribution is -2.31. The monoisotopic (exact) mass is 294 g/mol. The van der Waals surface area contributed by atoms with Gasteiger partial charge < -0.3 is 10.4 Å². The summed E-state index contributed by atoms with van der Waals surface area (Å²) < 4.78 is 1.51. The molecule has 1 heterocycles. The van der Waals surface area contributed by atoms with Gasteiger partial charge in [-0.1, -0.05) is 23.7 Å². The molecule has 1 unspecified atom stereocenters. The lowest BCUT2D eigenvalue weighted by molar-refractivity contribution is 0.0913. The molecule has 1 aromatic carbocycles. The Bertz CT molecular complexity index is 625. The minimum Gasteiger partial charge on any atom is -0.392 e. The lowest BCUT2D eigenvalue weighted by Gasteiger charge is -2.05. The van der Waals surface area contributed by atoms with Crippen LogP contribution in [-0.4, -0.2) is 38.4 Å². The molecular weight excluding hydrogens is 280 g/mol. The summed E-state index contributed by atoms with van der Waals surface area (Å²) >= 11 is 6.10. The third-order valence-corrected chi connectivity index (χ3v) is 2.93. The zero-order chi connectivity index (χ0) is 14.7. The molecule has 6 nitrogen and oxygen atoms in total. The first-order valence-electron chi connectivity index (χ1n) is 6.14. The molecule has 7 heteroatoms. The van der Waals surface area contributed by atoms with E-state index in [4.69, 9.17) is 16.7 Å². The molecule has 2 rings (SSSR count). The van der Waals surface area contributed by atoms with Crippen LogP contribution in [0.25, 0.3) is 5.69 Å². The van der Waals surface area contributed by atoms with Gasteiger partial charge in [0.2, 0.25) is 5.82 Å². The maximum absolute atomic E-state index is 11.8. The van der Waals surface area contributed by atoms with Crippen LogP contribution < -0.4 is 5.32 Å². The van der Waals surface area contributed by atoms with Crippen molar-refractivity contribution in [3.8, 4) is 5.69 Å². The number of hydrogen-bond donors (Lipinski definition) is 2. The highest BCUT2D eigenvalue weighted by Crippen LogP contribution is 2.20. The predicted molar refractivity (Wildman–Crippen MR) is 75.1 cm³/mol. The fourth-order valence-corrected chi connectivity index (χ4v) is 1.87. The van der Waals surface area contributed by atoms with Crippen molar-refractivity contribution in [1.82, 2.24) is 20.1 Å². The molecule has 0 aliphatic rings. The van der Waals surface area contributed by atoms with Crippen molar-refractivity contribution >= 4 is 17.5 Å². The number of carbonyl (C=O) groups is 1. The van der Waals surface area contributed by atoms with Crippen LogP contribution in [0.3, 0.4) is 0 Å². The average molecular weight is 295 g/mol. The van der Waals surface area contributed by atoms with Crippen molar-refractivity contribution in [1.29, 1.82) is 0 Å². The van der Waals surface area contributed by atoms with E-state index in [9.17, 15) is 4.79 Å². The Labute approximate surface area is 121 Å². The summed E-state index contributed by atoms with van der Waals surface area (Å²) in [6.45, 7) is 3.47. The molecule has 20 heavy (non-hydrogen) atoms. The number of hydrogen-bond acceptors (Lipinski definition) is 4. The predicted octanol–water partition coefficient (Wildman–Crippen LogP) is 1.34. The van der Waals surface area contributed by atoms with Crippen LogP contribution in [0.2, 0.25) is 5.02 Å². The molecule has 2 aromatic rings. The smallest absolute Gasteiger partial charge is 0.291 e. The highest BCUT2D eigenvalue weighted by molar-refractivity contribution is 6.32. The quantitative estimate of drug-likeness (QED) is 0.892. The van der Waals surface area contributed by atoms with Gasteiger partial charge in [0.25, 0.3) is 5.91 Å². The molecule has 2 N–H and O–H groups in total. The van der Waals surface area contributed by atoms with Crippen molar-refractivity contribution in [2.75, 3.05) is 6.54 Å². The number of rotatable bonds is 4. The van der Waals surface area contributed by atoms with Crippen molar-refractivity contribution in [2.45, 2.75) is 20.0 Å². The first-order valence-corrected chi connectivity index (χ1v) is 6.51. The van der Waals surface area contributed by atoms with Crippen LogP contribution in [0.15, 0.2) is 24.3 Å². The van der Waals surface area contributed by atoms with E-state index in [0.717, 1.165) is 0 Å². The number of benzene rings is 1. The van der Waals surface area contributed by atoms with E-state index < -0.39 is 12.0 Å². The third-order valence-electron chi connectivity index (χ3n) is 2.61. The molecule has 0 bridgehead atoms. The van der Waals surface area contributed by atoms with E-state index in [0.29, 0.717) is 16.5 Å². The highest BCUT2D eigenvalue weighted by Gasteiger charge is 2.16. The van der Waals surface area contributed by atoms with Gasteiger partial charge in [-0.15, -0.1) is 5.10 Å². The molecule has 0 radical (unpaired) electrons. The second-order valence-electron chi connectivity index (χ2n) is 4.40. The Kier molecular flexibility index (Phi) is 4.36. The van der Waals surface area contributed by atoms with Crippen LogP contribution in [0.4, 0.5) is 0 Å². The summed E-state index contributed by atoms with van der Waals surface area (Å²) in [5.41, 5.74) is 0.661. The van der Waals surface area contributed by atoms with Crippen LogP contribution >= 0.6 is 11.6 Å². The van der Waals surface area contributed by atoms with Gasteiger partial charge in [0.15, 0.2) is 0 Å². The number of aliphatic hydroxyl groups excluding tert-OH is 1. The number of aryl methyl sites for hydroxylation is 1. The Morgan fingerprint density at radius 1 is 1.50 bits per heavy atom. The molecule has 1 atom stereocenters. The van der Waals surface area contributed by atoms with Gasteiger partial charge >= 0.3 is 0 Å². The van der Waals surface area contributed by atoms with E-state index >= 15 is 0 Å². The van der Waals surface area contributed by atoms with Crippen LogP contribution in [-0.2, 0) is 0 Å². The summed E-state index contributed by atoms with van der Waals surface area (Å²) in [4.78, 5) is 15.9. The first-order chi connectivity index (χ1) is 9.49. The Balaban J connectivity index is 2.26. The Morgan fingerprint density at radius 2 is 2.20 bits per heavy atom. The number of aromatic nitrogens is 3. The maximum Gasteiger partial charge on any atom is 0.291 e. The first kappa shape index (κ1) is 14.5. The number of amides is 1. The SMILES string of the molecule is Cc1nc(C(=O)NCC(C)O)nn1-c1ccccc1Cl. The third kappa shape index (κ3) is 3.15. The van der Waals surface area contributed by atoms with Gasteiger partial charge in [0, 0.05) is 6.54 Å². The van der Waals surface area contributed by atoms with Crippen LogP contribution in [0, 0.1) is 6.92 Å². The molecular formula is C13H15ClN4O2. The van der Waals surface area contributed by atoms with Crippen molar-refractivity contribution in [3.05, 3.63) is 40.9 Å². The zero-order valence-electron chi connectivity index (χ0n) is 11.2. The highest BCUT2D eigenvalue weighted by atomic mass is 35.5. The van der Waals surface area contributed by atoms with Gasteiger partial charge in [-0.25, -0.2) is 9.67 Å². The number of nitrogens with one attached hydrogen (secondary N) is 1. The summed E-state index contributed by atoms with van der Waals surface area (Å²) in [5.74, 6) is 0.170. The van der Waals surface area contributed by atoms with E-state index in [1.165, 1.54) is 4.68 Å². The summed E-state index contributed by atoms with van der Waals surface area (Å²) in [7, 11) is 0. The van der Waals surface area contributed by atoms with Gasteiger partial charge in [0.1, 0.15) is 5.82 Å². The van der Waals surface area contributed by atoms with Crippen LogP contribution in [0.5, 0.6) is 0 Å². The van der Waals surface area contributed by atoms with Gasteiger partial charge in [0.05, 0.1) is 16.8 Å². The molecule has 0 aliphatic heterocycles. The molecule has 0 saturated carbocycles. The Morgan fingerprint density at radius 3 is 2.85 bits per heavy atom. The standard InChI is InChI=1S/C13H15ClN4O2/c1-8(19)7-15-13(20)12-16-9(2)18(17-12)11-6-4-3-5-10(11)14/h3-6,8,19H,7H2,1-2H3,(H,15,20). The summed E-state index contributed by atoms with van der Waals surface area (Å²) in [6.07, 6.45) is -0.620. The van der Waals surface area contributed by atoms with E-state index in [-0.39, 0.29) is 12.4 Å². The molecule has 1 amide bonds. The van der Waals surface area contributed by atoms with Crippen molar-refractivity contribution in [2.24, 2.45) is 0 Å². The van der Waals surface area contributed by atoms with E-state index in [1.807, 2.05) is 12.1 Å². The molecule has 0 saturated heterocycles. The fourth-order valence-electron chi connectivity index (χ4n) is 1.66. The van der Waals surface area contributed by atoms with Gasteiger partial charge in [-0.2, -0.15) is 0 Å². The second kappa shape index (κ2) is 6.02. The molecule has 0 fully saturated rings. The van der Waals surface area contributed by atoms with Gasteiger partial charge in [-0.3, -0.25) is 4.79 Å². The van der Waals surface area contributed by atoms with Crippen LogP contribution in [0.1, 0.15) is 23.4 Å². The maximum atomic E-state index is 11.8. The Hall–Kier alpha value is -1.92. The minimum atomic E-state index is -0.620. The van der Waals surface area contributed by atoms with E-state index in [2.05, 4.69) is 15.4 Å². The number of nitrogens with zero attached hydrogens (tertiary/aromatic N) is 3.